The van der Waals surface area contributed by atoms with E-state index in [1.807, 2.05) is 6.92 Å². The molecule has 4 rings (SSSR count). The summed E-state index contributed by atoms with van der Waals surface area (Å²) in [6.07, 6.45) is -3.12. The van der Waals surface area contributed by atoms with Crippen molar-refractivity contribution in [1.82, 2.24) is 19.7 Å². The Labute approximate surface area is 202 Å². The lowest BCUT2D eigenvalue weighted by Gasteiger charge is -2.15. The average Bonchev–Trinajstić information content (AvgIpc) is 3.41. The van der Waals surface area contributed by atoms with E-state index in [1.165, 1.54) is 29.8 Å². The van der Waals surface area contributed by atoms with E-state index < -0.39 is 23.6 Å². The molecule has 2 heterocycles. The molecule has 7 nitrogen and oxygen atoms in total. The van der Waals surface area contributed by atoms with Crippen molar-refractivity contribution in [2.24, 2.45) is 7.05 Å². The molecule has 0 bridgehead atoms. The van der Waals surface area contributed by atoms with Crippen LogP contribution in [-0.2, 0) is 24.6 Å². The third kappa shape index (κ3) is 5.68. The number of nitrogens with zero attached hydrogens (tertiary/aromatic N) is 4. The number of carbonyl (C=O) groups is 1. The molecule has 0 aliphatic heterocycles. The van der Waals surface area contributed by atoms with Gasteiger partial charge in [0.25, 0.3) is 0 Å². The molecule has 4 aromatic rings. The maximum atomic E-state index is 12.8. The molecule has 0 unspecified atom stereocenters. The summed E-state index contributed by atoms with van der Waals surface area (Å²) < 4.78 is 45.9. The Morgan fingerprint density at radius 3 is 2.40 bits per heavy atom. The number of aliphatic carboxylic acids is 1. The number of rotatable bonds is 8. The van der Waals surface area contributed by atoms with Gasteiger partial charge in [-0.15, -0.1) is 11.3 Å². The summed E-state index contributed by atoms with van der Waals surface area (Å²) >= 11 is 1.36. The Morgan fingerprint density at radius 1 is 1.14 bits per heavy atom. The van der Waals surface area contributed by atoms with Crippen molar-refractivity contribution in [3.8, 4) is 16.3 Å². The molecule has 2 aromatic carbocycles. The second-order valence-corrected chi connectivity index (χ2v) is 8.94. The van der Waals surface area contributed by atoms with Crippen LogP contribution in [0.5, 0.6) is 5.75 Å². The van der Waals surface area contributed by atoms with E-state index in [2.05, 4.69) is 15.1 Å². The first-order chi connectivity index (χ1) is 16.6. The van der Waals surface area contributed by atoms with Crippen LogP contribution in [0.3, 0.4) is 0 Å². The number of hydrogen-bond acceptors (Lipinski definition) is 6. The largest absolute Gasteiger partial charge is 0.488 e. The summed E-state index contributed by atoms with van der Waals surface area (Å²) in [6.45, 7) is 2.06. The minimum absolute atomic E-state index is 0.125. The van der Waals surface area contributed by atoms with Crippen LogP contribution in [0, 0.1) is 6.92 Å². The van der Waals surface area contributed by atoms with Crippen LogP contribution >= 0.6 is 11.3 Å². The predicted molar refractivity (Wildman–Crippen MR) is 123 cm³/mol. The number of thiazole rings is 1. The second kappa shape index (κ2) is 9.87. The van der Waals surface area contributed by atoms with Gasteiger partial charge < -0.3 is 9.84 Å². The van der Waals surface area contributed by atoms with E-state index in [4.69, 9.17) is 4.74 Å². The monoisotopic (exact) mass is 502 g/mol. The summed E-state index contributed by atoms with van der Waals surface area (Å²) in [5.74, 6) is -0.256. The van der Waals surface area contributed by atoms with E-state index in [1.54, 1.807) is 36.0 Å². The van der Waals surface area contributed by atoms with Crippen molar-refractivity contribution in [1.29, 1.82) is 0 Å². The molecule has 1 N–H and O–H groups in total. The molecule has 0 aliphatic carbocycles. The zero-order chi connectivity index (χ0) is 25.2. The van der Waals surface area contributed by atoms with Crippen LogP contribution in [-0.4, -0.2) is 30.8 Å². The van der Waals surface area contributed by atoms with Crippen molar-refractivity contribution in [3.05, 3.63) is 82.4 Å². The van der Waals surface area contributed by atoms with Gasteiger partial charge in [0.05, 0.1) is 28.5 Å². The van der Waals surface area contributed by atoms with Gasteiger partial charge in [0, 0.05) is 12.6 Å². The van der Waals surface area contributed by atoms with E-state index in [-0.39, 0.29) is 13.0 Å². The molecule has 2 aromatic heterocycles. The van der Waals surface area contributed by atoms with Crippen LogP contribution in [0.1, 0.15) is 39.9 Å². The van der Waals surface area contributed by atoms with Crippen LogP contribution in [0.15, 0.2) is 54.9 Å². The SMILES string of the molecule is Cc1nc(-c2ccc(C(F)(F)F)cc2)sc1COc1ccc([C@H](CC(=O)O)c2ncnn2C)cc1. The Morgan fingerprint density at radius 2 is 1.83 bits per heavy atom. The third-order valence-electron chi connectivity index (χ3n) is 5.44. The lowest BCUT2D eigenvalue weighted by Crippen LogP contribution is -2.13. The van der Waals surface area contributed by atoms with E-state index in [0.29, 0.717) is 22.1 Å². The molecule has 35 heavy (non-hydrogen) atoms. The van der Waals surface area contributed by atoms with Crippen LogP contribution < -0.4 is 4.74 Å². The number of halogens is 3. The number of hydrogen-bond donors (Lipinski definition) is 1. The number of carboxylic acid groups (broad SMARTS) is 1. The number of alkyl halides is 3. The summed E-state index contributed by atoms with van der Waals surface area (Å²) in [6, 6.07) is 12.0. The first kappa shape index (κ1) is 24.4. The second-order valence-electron chi connectivity index (χ2n) is 7.85. The highest BCUT2D eigenvalue weighted by Crippen LogP contribution is 2.33. The van der Waals surface area contributed by atoms with Crippen LogP contribution in [0.4, 0.5) is 13.2 Å². The lowest BCUT2D eigenvalue weighted by atomic mass is 9.95. The number of ether oxygens (including phenoxy) is 1. The fourth-order valence-corrected chi connectivity index (χ4v) is 4.57. The number of aryl methyl sites for hydroxylation is 2. The molecule has 0 fully saturated rings. The molecule has 0 spiro atoms. The molecule has 0 saturated carbocycles. The number of aromatic nitrogens is 4. The summed E-state index contributed by atoms with van der Waals surface area (Å²) in [5.41, 5.74) is 1.42. The molecular formula is C24H21F3N4O3S. The highest BCUT2D eigenvalue weighted by molar-refractivity contribution is 7.15. The molecular weight excluding hydrogens is 481 g/mol. The summed E-state index contributed by atoms with van der Waals surface area (Å²) in [5, 5.41) is 14.0. The summed E-state index contributed by atoms with van der Waals surface area (Å²) in [4.78, 5) is 20.9. The van der Waals surface area contributed by atoms with Crippen molar-refractivity contribution in [2.75, 3.05) is 0 Å². The molecule has 0 amide bonds. The number of carboxylic acids is 1. The van der Waals surface area contributed by atoms with Gasteiger partial charge in [0.15, 0.2) is 0 Å². The zero-order valence-electron chi connectivity index (χ0n) is 18.8. The molecule has 0 aliphatic rings. The highest BCUT2D eigenvalue weighted by Gasteiger charge is 2.30. The van der Waals surface area contributed by atoms with Crippen LogP contribution in [0.2, 0.25) is 0 Å². The topological polar surface area (TPSA) is 90.1 Å². The molecule has 1 atom stereocenters. The third-order valence-corrected chi connectivity index (χ3v) is 6.62. The molecule has 0 saturated heterocycles. The van der Waals surface area contributed by atoms with Crippen molar-refractivity contribution in [2.45, 2.75) is 32.0 Å². The van der Waals surface area contributed by atoms with Gasteiger partial charge in [0.1, 0.15) is 29.5 Å². The maximum absolute atomic E-state index is 12.8. The van der Waals surface area contributed by atoms with Crippen molar-refractivity contribution >= 4 is 17.3 Å². The van der Waals surface area contributed by atoms with Gasteiger partial charge in [-0.3, -0.25) is 9.48 Å². The normalized spacial score (nSPS) is 12.5. The van der Waals surface area contributed by atoms with Crippen molar-refractivity contribution < 1.29 is 27.8 Å². The van der Waals surface area contributed by atoms with Gasteiger partial charge in [-0.05, 0) is 36.8 Å². The number of benzene rings is 2. The standard InChI is InChI=1S/C24H21F3N4O3S/c1-14-20(35-23(30-14)16-3-7-17(8-4-16)24(25,26)27)12-34-18-9-5-15(6-10-18)19(11-21(32)33)22-28-13-29-31(22)2/h3-10,13,19H,11-12H2,1-2H3,(H,32,33)/t19-/m0/s1. The Bertz CT molecular complexity index is 1320. The van der Waals surface area contributed by atoms with Gasteiger partial charge in [-0.2, -0.15) is 18.3 Å². The van der Waals surface area contributed by atoms with E-state index in [9.17, 15) is 23.1 Å². The van der Waals surface area contributed by atoms with Crippen molar-refractivity contribution in [3.63, 3.8) is 0 Å². The minimum Gasteiger partial charge on any atom is -0.488 e. The maximum Gasteiger partial charge on any atom is 0.416 e. The molecule has 0 radical (unpaired) electrons. The first-order valence-corrected chi connectivity index (χ1v) is 11.4. The van der Waals surface area contributed by atoms with E-state index >= 15 is 0 Å². The zero-order valence-corrected chi connectivity index (χ0v) is 19.6. The van der Waals surface area contributed by atoms with Crippen LogP contribution in [0.25, 0.3) is 10.6 Å². The molecule has 11 heteroatoms. The predicted octanol–water partition coefficient (Wildman–Crippen LogP) is 5.45. The van der Waals surface area contributed by atoms with Gasteiger partial charge >= 0.3 is 12.1 Å². The quantitative estimate of drug-likeness (QED) is 0.345. The molecule has 182 valence electrons. The Hall–Kier alpha value is -3.73. The smallest absolute Gasteiger partial charge is 0.416 e. The average molecular weight is 503 g/mol. The summed E-state index contributed by atoms with van der Waals surface area (Å²) in [7, 11) is 1.71. The minimum atomic E-state index is -4.38. The Kier molecular flexibility index (Phi) is 6.88. The lowest BCUT2D eigenvalue weighted by molar-refractivity contribution is -0.138. The van der Waals surface area contributed by atoms with Gasteiger partial charge in [0.2, 0.25) is 0 Å². The first-order valence-electron chi connectivity index (χ1n) is 10.5. The fourth-order valence-electron chi connectivity index (χ4n) is 3.59. The van der Waals surface area contributed by atoms with E-state index in [0.717, 1.165) is 28.3 Å². The van der Waals surface area contributed by atoms with Gasteiger partial charge in [-0.25, -0.2) is 9.97 Å². The van der Waals surface area contributed by atoms with Gasteiger partial charge in [-0.1, -0.05) is 24.3 Å². The highest BCUT2D eigenvalue weighted by atomic mass is 32.1. The Balaban J connectivity index is 1.45. The fraction of sp³-hybridized carbons (Fsp3) is 0.250.